The Morgan fingerprint density at radius 3 is 2.62 bits per heavy atom. The summed E-state index contributed by atoms with van der Waals surface area (Å²) in [5.74, 6) is 1.78. The third-order valence-electron chi connectivity index (χ3n) is 3.70. The summed E-state index contributed by atoms with van der Waals surface area (Å²) in [6.07, 6.45) is -0.755. The molecule has 1 N–H and O–H groups in total. The summed E-state index contributed by atoms with van der Waals surface area (Å²) < 4.78 is 37.5. The molecule has 1 saturated heterocycles. The predicted octanol–water partition coefficient (Wildman–Crippen LogP) is 3.13. The molecule has 1 aliphatic rings. The molecule has 0 saturated carbocycles. The molecule has 1 fully saturated rings. The molecule has 1 aliphatic heterocycles. The first-order chi connectivity index (χ1) is 9.93. The van der Waals surface area contributed by atoms with Gasteiger partial charge in [-0.15, -0.1) is 0 Å². The molecule has 0 bridgehead atoms. The molecule has 21 heavy (non-hydrogen) atoms. The summed E-state index contributed by atoms with van der Waals surface area (Å²) in [6.45, 7) is 3.43. The molecule has 7 heteroatoms. The number of hydrogen-bond acceptors (Lipinski definition) is 3. The lowest BCUT2D eigenvalue weighted by molar-refractivity contribution is -0.137. The van der Waals surface area contributed by atoms with Crippen LogP contribution in [0.4, 0.5) is 19.0 Å². The molecule has 1 atom stereocenters. The van der Waals surface area contributed by atoms with Crippen molar-refractivity contribution in [3.05, 3.63) is 41.6 Å². The second-order valence-electron chi connectivity index (χ2n) is 5.29. The van der Waals surface area contributed by atoms with Gasteiger partial charge < -0.3 is 9.88 Å². The van der Waals surface area contributed by atoms with Gasteiger partial charge in [-0.05, 0) is 25.5 Å². The van der Waals surface area contributed by atoms with E-state index in [1.807, 2.05) is 11.8 Å². The standard InChI is InChI=1S/C14H15F3N4/c1-9-6-19-13(20-9)10-4-5-21(8-10)12-3-2-11(7-18-12)14(15,16)17/h2-3,6-7,10H,4-5,8H2,1H3,(H,19,20)/t10-/m0/s1. The molecule has 0 radical (unpaired) electrons. The minimum atomic E-state index is -4.34. The Kier molecular flexibility index (Phi) is 3.35. The van der Waals surface area contributed by atoms with E-state index in [-0.39, 0.29) is 5.92 Å². The van der Waals surface area contributed by atoms with E-state index < -0.39 is 11.7 Å². The van der Waals surface area contributed by atoms with Gasteiger partial charge in [0.25, 0.3) is 0 Å². The molecule has 3 rings (SSSR count). The lowest BCUT2D eigenvalue weighted by Crippen LogP contribution is -2.21. The number of alkyl halides is 3. The highest BCUT2D eigenvalue weighted by Gasteiger charge is 2.32. The summed E-state index contributed by atoms with van der Waals surface area (Å²) >= 11 is 0. The maximum Gasteiger partial charge on any atom is 0.417 e. The van der Waals surface area contributed by atoms with Crippen LogP contribution < -0.4 is 4.90 Å². The highest BCUT2D eigenvalue weighted by Crippen LogP contribution is 2.31. The van der Waals surface area contributed by atoms with Gasteiger partial charge in [-0.25, -0.2) is 9.97 Å². The third kappa shape index (κ3) is 2.86. The lowest BCUT2D eigenvalue weighted by Gasteiger charge is -2.17. The summed E-state index contributed by atoms with van der Waals surface area (Å²) in [7, 11) is 0. The minimum Gasteiger partial charge on any atom is -0.356 e. The van der Waals surface area contributed by atoms with Crippen molar-refractivity contribution in [2.24, 2.45) is 0 Å². The summed E-state index contributed by atoms with van der Waals surface area (Å²) in [6, 6.07) is 2.51. The molecule has 0 amide bonds. The second kappa shape index (κ2) is 5.05. The number of rotatable bonds is 2. The number of pyridine rings is 1. The number of H-pyrrole nitrogens is 1. The Balaban J connectivity index is 1.71. The number of aromatic amines is 1. The van der Waals surface area contributed by atoms with E-state index >= 15 is 0 Å². The SMILES string of the molecule is Cc1cnc([C@H]2CCN(c3ccc(C(F)(F)F)cn3)C2)[nH]1. The van der Waals surface area contributed by atoms with Gasteiger partial charge in [-0.1, -0.05) is 0 Å². The zero-order valence-electron chi connectivity index (χ0n) is 11.5. The van der Waals surface area contributed by atoms with Crippen molar-refractivity contribution in [3.8, 4) is 0 Å². The van der Waals surface area contributed by atoms with Gasteiger partial charge in [-0.2, -0.15) is 13.2 Å². The highest BCUT2D eigenvalue weighted by atomic mass is 19.4. The second-order valence-corrected chi connectivity index (χ2v) is 5.29. The Morgan fingerprint density at radius 1 is 1.24 bits per heavy atom. The van der Waals surface area contributed by atoms with E-state index in [2.05, 4.69) is 15.0 Å². The summed E-state index contributed by atoms with van der Waals surface area (Å²) in [5.41, 5.74) is 0.291. The minimum absolute atomic E-state index is 0.266. The van der Waals surface area contributed by atoms with Crippen LogP contribution in [0, 0.1) is 6.92 Å². The quantitative estimate of drug-likeness (QED) is 0.926. The van der Waals surface area contributed by atoms with Gasteiger partial charge in [0.15, 0.2) is 0 Å². The number of nitrogens with zero attached hydrogens (tertiary/aromatic N) is 3. The van der Waals surface area contributed by atoms with Gasteiger partial charge in [0.1, 0.15) is 11.6 Å². The van der Waals surface area contributed by atoms with Gasteiger partial charge in [-0.3, -0.25) is 0 Å². The van der Waals surface area contributed by atoms with Crippen LogP contribution in [0.15, 0.2) is 24.5 Å². The van der Waals surface area contributed by atoms with E-state index in [0.29, 0.717) is 12.4 Å². The molecule has 0 aromatic carbocycles. The molecule has 4 nitrogen and oxygen atoms in total. The fraction of sp³-hybridized carbons (Fsp3) is 0.429. The van der Waals surface area contributed by atoms with Crippen molar-refractivity contribution < 1.29 is 13.2 Å². The molecule has 112 valence electrons. The van der Waals surface area contributed by atoms with Crippen LogP contribution in [0.5, 0.6) is 0 Å². The monoisotopic (exact) mass is 296 g/mol. The third-order valence-corrected chi connectivity index (χ3v) is 3.70. The van der Waals surface area contributed by atoms with E-state index in [1.54, 1.807) is 6.20 Å². The van der Waals surface area contributed by atoms with Crippen LogP contribution in [0.25, 0.3) is 0 Å². The van der Waals surface area contributed by atoms with Crippen molar-refractivity contribution in [3.63, 3.8) is 0 Å². The molecule has 0 unspecified atom stereocenters. The number of nitrogens with one attached hydrogen (secondary N) is 1. The molecule has 0 spiro atoms. The average molecular weight is 296 g/mol. The fourth-order valence-corrected chi connectivity index (χ4v) is 2.57. The molecule has 0 aliphatic carbocycles. The highest BCUT2D eigenvalue weighted by molar-refractivity contribution is 5.42. The number of hydrogen-bond donors (Lipinski definition) is 1. The van der Waals surface area contributed by atoms with Gasteiger partial charge in [0.2, 0.25) is 0 Å². The maximum atomic E-state index is 12.5. The van der Waals surface area contributed by atoms with Crippen LogP contribution in [0.2, 0.25) is 0 Å². The molecule has 3 heterocycles. The van der Waals surface area contributed by atoms with Crippen LogP contribution in [-0.2, 0) is 6.18 Å². The smallest absolute Gasteiger partial charge is 0.356 e. The molecular formula is C14H15F3N4. The Hall–Kier alpha value is -2.05. The topological polar surface area (TPSA) is 44.8 Å². The lowest BCUT2D eigenvalue weighted by atomic mass is 10.1. The number of anilines is 1. The first-order valence-corrected chi connectivity index (χ1v) is 6.73. The largest absolute Gasteiger partial charge is 0.417 e. The van der Waals surface area contributed by atoms with E-state index in [0.717, 1.165) is 36.7 Å². The Bertz CT molecular complexity index is 618. The Morgan fingerprint density at radius 2 is 2.05 bits per heavy atom. The normalized spacial score (nSPS) is 19.2. The number of imidazole rings is 1. The van der Waals surface area contributed by atoms with E-state index in [1.165, 1.54) is 6.07 Å². The number of halogens is 3. The first kappa shape index (κ1) is 13.9. The van der Waals surface area contributed by atoms with Gasteiger partial charge in [0.05, 0.1) is 5.56 Å². The first-order valence-electron chi connectivity index (χ1n) is 6.73. The number of aryl methyl sites for hydroxylation is 1. The van der Waals surface area contributed by atoms with Crippen LogP contribution in [-0.4, -0.2) is 28.0 Å². The zero-order valence-corrected chi connectivity index (χ0v) is 11.5. The summed E-state index contributed by atoms with van der Waals surface area (Å²) in [5, 5.41) is 0. The number of aromatic nitrogens is 3. The Labute approximate surface area is 120 Å². The van der Waals surface area contributed by atoms with Crippen molar-refractivity contribution in [2.75, 3.05) is 18.0 Å². The van der Waals surface area contributed by atoms with Crippen molar-refractivity contribution >= 4 is 5.82 Å². The molecular weight excluding hydrogens is 281 g/mol. The maximum absolute atomic E-state index is 12.5. The van der Waals surface area contributed by atoms with Gasteiger partial charge >= 0.3 is 6.18 Å². The van der Waals surface area contributed by atoms with Crippen LogP contribution >= 0.6 is 0 Å². The van der Waals surface area contributed by atoms with E-state index in [9.17, 15) is 13.2 Å². The fourth-order valence-electron chi connectivity index (χ4n) is 2.57. The van der Waals surface area contributed by atoms with Crippen molar-refractivity contribution in [1.82, 2.24) is 15.0 Å². The van der Waals surface area contributed by atoms with Crippen LogP contribution in [0.3, 0.4) is 0 Å². The van der Waals surface area contributed by atoms with Crippen molar-refractivity contribution in [1.29, 1.82) is 0 Å². The van der Waals surface area contributed by atoms with E-state index in [4.69, 9.17) is 0 Å². The van der Waals surface area contributed by atoms with Crippen LogP contribution in [0.1, 0.15) is 29.4 Å². The summed E-state index contributed by atoms with van der Waals surface area (Å²) in [4.78, 5) is 13.5. The van der Waals surface area contributed by atoms with Gasteiger partial charge in [0, 0.05) is 37.1 Å². The predicted molar refractivity (Wildman–Crippen MR) is 72.1 cm³/mol. The average Bonchev–Trinajstić information content (AvgIpc) is 3.06. The molecule has 2 aromatic rings. The van der Waals surface area contributed by atoms with Crippen molar-refractivity contribution in [2.45, 2.75) is 25.4 Å². The zero-order chi connectivity index (χ0) is 15.0. The molecule has 2 aromatic heterocycles.